The van der Waals surface area contributed by atoms with E-state index in [1.807, 2.05) is 13.8 Å². The van der Waals surface area contributed by atoms with Crippen molar-refractivity contribution in [1.29, 1.82) is 0 Å². The van der Waals surface area contributed by atoms with Gasteiger partial charge in [0.15, 0.2) is 0 Å². The Balaban J connectivity index is 1.99. The number of nitrogens with one attached hydrogen (secondary N) is 1. The average molecular weight is 261 g/mol. The van der Waals surface area contributed by atoms with E-state index < -0.39 is 0 Å². The molecule has 0 aliphatic heterocycles. The molecule has 0 unspecified atom stereocenters. The molecule has 4 heteroatoms. The highest BCUT2D eigenvalue weighted by atomic mass is 16.1. The van der Waals surface area contributed by atoms with Gasteiger partial charge in [-0.05, 0) is 26.7 Å². The van der Waals surface area contributed by atoms with Crippen molar-refractivity contribution in [3.8, 4) is 0 Å². The molecule has 1 aromatic heterocycles. The number of aryl methyl sites for hydroxylation is 2. The molecule has 0 bridgehead atoms. The highest BCUT2D eigenvalue weighted by Crippen LogP contribution is 2.17. The van der Waals surface area contributed by atoms with Gasteiger partial charge in [0.1, 0.15) is 5.82 Å². The molecule has 2 rings (SSSR count). The zero-order valence-corrected chi connectivity index (χ0v) is 11.9. The van der Waals surface area contributed by atoms with E-state index in [2.05, 4.69) is 15.3 Å². The molecule has 1 heterocycles. The van der Waals surface area contributed by atoms with Crippen molar-refractivity contribution in [3.63, 3.8) is 0 Å². The van der Waals surface area contributed by atoms with Gasteiger partial charge in [-0.15, -0.1) is 0 Å². The normalized spacial score (nSPS) is 17.6. The summed E-state index contributed by atoms with van der Waals surface area (Å²) in [4.78, 5) is 20.6. The number of hydrogen-bond acceptors (Lipinski definition) is 3. The highest BCUT2D eigenvalue weighted by molar-refractivity contribution is 5.95. The van der Waals surface area contributed by atoms with Crippen molar-refractivity contribution < 1.29 is 4.79 Å². The van der Waals surface area contributed by atoms with Crippen LogP contribution in [0.15, 0.2) is 6.20 Å². The van der Waals surface area contributed by atoms with Gasteiger partial charge in [0, 0.05) is 12.2 Å². The first-order valence-electron chi connectivity index (χ1n) is 7.28. The van der Waals surface area contributed by atoms with Crippen LogP contribution in [0.2, 0.25) is 0 Å². The molecule has 4 nitrogen and oxygen atoms in total. The van der Waals surface area contributed by atoms with Crippen molar-refractivity contribution in [1.82, 2.24) is 15.3 Å². The number of amides is 1. The third-order valence-corrected chi connectivity index (χ3v) is 3.78. The lowest BCUT2D eigenvalue weighted by Crippen LogP contribution is -2.35. The van der Waals surface area contributed by atoms with E-state index in [9.17, 15) is 4.79 Å². The fourth-order valence-corrected chi connectivity index (χ4v) is 2.67. The summed E-state index contributed by atoms with van der Waals surface area (Å²) < 4.78 is 0. The van der Waals surface area contributed by atoms with Gasteiger partial charge in [-0.3, -0.25) is 4.79 Å². The summed E-state index contributed by atoms with van der Waals surface area (Å²) >= 11 is 0. The number of carbonyl (C=O) groups is 1. The summed E-state index contributed by atoms with van der Waals surface area (Å²) in [7, 11) is 0. The lowest BCUT2D eigenvalue weighted by atomic mass is 9.96. The monoisotopic (exact) mass is 261 g/mol. The van der Waals surface area contributed by atoms with Crippen molar-refractivity contribution >= 4 is 5.91 Å². The minimum Gasteiger partial charge on any atom is -0.349 e. The molecule has 0 atom stereocenters. The number of rotatable bonds is 2. The Hall–Kier alpha value is -1.45. The SMILES string of the molecule is Cc1ncc(C(=O)NC2CCCCCCC2)c(C)n1. The smallest absolute Gasteiger partial charge is 0.254 e. The number of nitrogens with zero attached hydrogens (tertiary/aromatic N) is 2. The maximum absolute atomic E-state index is 12.3. The molecule has 1 fully saturated rings. The molecular weight excluding hydrogens is 238 g/mol. The quantitative estimate of drug-likeness (QED) is 0.890. The zero-order valence-electron chi connectivity index (χ0n) is 11.9. The van der Waals surface area contributed by atoms with Crippen LogP contribution in [-0.2, 0) is 0 Å². The zero-order chi connectivity index (χ0) is 13.7. The van der Waals surface area contributed by atoms with Gasteiger partial charge in [0.25, 0.3) is 5.91 Å². The van der Waals surface area contributed by atoms with Gasteiger partial charge < -0.3 is 5.32 Å². The van der Waals surface area contributed by atoms with Crippen LogP contribution in [0, 0.1) is 13.8 Å². The molecule has 0 aromatic carbocycles. The van der Waals surface area contributed by atoms with E-state index in [0.717, 1.165) is 18.5 Å². The molecule has 1 saturated carbocycles. The van der Waals surface area contributed by atoms with Crippen molar-refractivity contribution in [2.24, 2.45) is 0 Å². The molecule has 1 amide bonds. The van der Waals surface area contributed by atoms with Crippen LogP contribution >= 0.6 is 0 Å². The number of aromatic nitrogens is 2. The minimum absolute atomic E-state index is 0.0249. The van der Waals surface area contributed by atoms with Crippen LogP contribution < -0.4 is 5.32 Å². The molecule has 1 N–H and O–H groups in total. The van der Waals surface area contributed by atoms with Crippen LogP contribution in [0.3, 0.4) is 0 Å². The van der Waals surface area contributed by atoms with E-state index in [1.165, 1.54) is 32.1 Å². The van der Waals surface area contributed by atoms with Gasteiger partial charge in [-0.2, -0.15) is 0 Å². The fraction of sp³-hybridized carbons (Fsp3) is 0.667. The molecule has 0 spiro atoms. The standard InChI is InChI=1S/C15H23N3O/c1-11-14(10-16-12(2)17-11)15(19)18-13-8-6-4-3-5-7-9-13/h10,13H,3-9H2,1-2H3,(H,18,19). The predicted molar refractivity (Wildman–Crippen MR) is 75.1 cm³/mol. The predicted octanol–water partition coefficient (Wildman–Crippen LogP) is 2.94. The summed E-state index contributed by atoms with van der Waals surface area (Å²) in [5.74, 6) is 0.683. The first-order chi connectivity index (χ1) is 9.16. The Morgan fingerprint density at radius 2 is 1.79 bits per heavy atom. The summed E-state index contributed by atoms with van der Waals surface area (Å²) in [5.41, 5.74) is 1.36. The van der Waals surface area contributed by atoms with Crippen molar-refractivity contribution in [3.05, 3.63) is 23.3 Å². The highest BCUT2D eigenvalue weighted by Gasteiger charge is 2.17. The second-order valence-electron chi connectivity index (χ2n) is 5.43. The molecule has 0 radical (unpaired) electrons. The van der Waals surface area contributed by atoms with E-state index >= 15 is 0 Å². The van der Waals surface area contributed by atoms with Crippen LogP contribution in [0.5, 0.6) is 0 Å². The van der Waals surface area contributed by atoms with Crippen molar-refractivity contribution in [2.75, 3.05) is 0 Å². The van der Waals surface area contributed by atoms with Gasteiger partial charge in [-0.25, -0.2) is 9.97 Å². The summed E-state index contributed by atoms with van der Waals surface area (Å²) in [6.07, 6.45) is 10.2. The van der Waals surface area contributed by atoms with Crippen LogP contribution in [0.1, 0.15) is 66.8 Å². The molecule has 19 heavy (non-hydrogen) atoms. The second kappa shape index (κ2) is 6.64. The average Bonchev–Trinajstić information content (AvgIpc) is 2.32. The van der Waals surface area contributed by atoms with E-state index in [0.29, 0.717) is 17.4 Å². The van der Waals surface area contributed by atoms with Gasteiger partial charge in [-0.1, -0.05) is 32.1 Å². The molecule has 104 valence electrons. The molecule has 1 aliphatic carbocycles. The first-order valence-corrected chi connectivity index (χ1v) is 7.28. The maximum atomic E-state index is 12.3. The van der Waals surface area contributed by atoms with Crippen LogP contribution in [0.4, 0.5) is 0 Å². The van der Waals surface area contributed by atoms with Crippen molar-refractivity contribution in [2.45, 2.75) is 64.8 Å². The minimum atomic E-state index is -0.0249. The molecular formula is C15H23N3O. The third-order valence-electron chi connectivity index (χ3n) is 3.78. The number of carbonyl (C=O) groups excluding carboxylic acids is 1. The van der Waals surface area contributed by atoms with Crippen LogP contribution in [-0.4, -0.2) is 21.9 Å². The van der Waals surface area contributed by atoms with E-state index in [1.54, 1.807) is 6.20 Å². The van der Waals surface area contributed by atoms with Gasteiger partial charge >= 0.3 is 0 Å². The first kappa shape index (κ1) is 14.0. The van der Waals surface area contributed by atoms with E-state index in [-0.39, 0.29) is 5.91 Å². The lowest BCUT2D eigenvalue weighted by Gasteiger charge is -2.21. The Morgan fingerprint density at radius 1 is 1.16 bits per heavy atom. The molecule has 1 aromatic rings. The van der Waals surface area contributed by atoms with Crippen LogP contribution in [0.25, 0.3) is 0 Å². The Kier molecular flexibility index (Phi) is 4.88. The van der Waals surface area contributed by atoms with Gasteiger partial charge in [0.2, 0.25) is 0 Å². The largest absolute Gasteiger partial charge is 0.349 e. The summed E-state index contributed by atoms with van der Waals surface area (Å²) in [6.45, 7) is 3.70. The molecule has 1 aliphatic rings. The summed E-state index contributed by atoms with van der Waals surface area (Å²) in [6, 6.07) is 0.313. The Labute approximate surface area is 115 Å². The second-order valence-corrected chi connectivity index (χ2v) is 5.43. The number of hydrogen-bond donors (Lipinski definition) is 1. The lowest BCUT2D eigenvalue weighted by molar-refractivity contribution is 0.0929. The topological polar surface area (TPSA) is 54.9 Å². The third kappa shape index (κ3) is 4.01. The molecule has 0 saturated heterocycles. The Morgan fingerprint density at radius 3 is 2.42 bits per heavy atom. The van der Waals surface area contributed by atoms with Gasteiger partial charge in [0.05, 0.1) is 11.3 Å². The van der Waals surface area contributed by atoms with E-state index in [4.69, 9.17) is 0 Å². The maximum Gasteiger partial charge on any atom is 0.254 e. The Bertz CT molecular complexity index is 437. The summed E-state index contributed by atoms with van der Waals surface area (Å²) in [5, 5.41) is 3.14. The fourth-order valence-electron chi connectivity index (χ4n) is 2.67.